The predicted molar refractivity (Wildman–Crippen MR) is 113 cm³/mol. The van der Waals surface area contributed by atoms with Crippen molar-refractivity contribution in [1.29, 1.82) is 0 Å². The Morgan fingerprint density at radius 2 is 1.59 bits per heavy atom. The van der Waals surface area contributed by atoms with E-state index in [0.29, 0.717) is 12.5 Å². The van der Waals surface area contributed by atoms with Gasteiger partial charge in [-0.15, -0.1) is 0 Å². The highest BCUT2D eigenvalue weighted by molar-refractivity contribution is 5.68. The number of nitrogens with one attached hydrogen (secondary N) is 2. The maximum absolute atomic E-state index is 12.1. The van der Waals surface area contributed by atoms with Crippen molar-refractivity contribution >= 4 is 11.8 Å². The normalized spacial score (nSPS) is 13.5. The predicted octanol–water partition coefficient (Wildman–Crippen LogP) is 5.70. The summed E-state index contributed by atoms with van der Waals surface area (Å²) in [6.45, 7) is 10.5. The van der Waals surface area contributed by atoms with Crippen molar-refractivity contribution in [2.75, 3.05) is 11.9 Å². The van der Waals surface area contributed by atoms with E-state index in [9.17, 15) is 4.79 Å². The standard InChI is InChI=1S/C23H32N2O2/c1-6-17(2)21(25-22(26)27-23(3,4)5)16-24-20-14-12-19(13-15-20)18-10-8-7-9-11-18/h7-15,17,21,24H,6,16H2,1-5H3,(H,25,26)/t17-,21?/m0/s1. The second-order valence-corrected chi connectivity index (χ2v) is 7.96. The molecule has 0 saturated heterocycles. The SMILES string of the molecule is CC[C@H](C)C(CNc1ccc(-c2ccccc2)cc1)NC(=O)OC(C)(C)C. The van der Waals surface area contributed by atoms with E-state index < -0.39 is 5.60 Å². The monoisotopic (exact) mass is 368 g/mol. The molecule has 0 fully saturated rings. The largest absolute Gasteiger partial charge is 0.444 e. The summed E-state index contributed by atoms with van der Waals surface area (Å²) in [5.41, 5.74) is 2.93. The van der Waals surface area contributed by atoms with Crippen LogP contribution in [0.5, 0.6) is 0 Å². The van der Waals surface area contributed by atoms with Crippen molar-refractivity contribution in [2.24, 2.45) is 5.92 Å². The van der Waals surface area contributed by atoms with Crippen LogP contribution in [0.3, 0.4) is 0 Å². The van der Waals surface area contributed by atoms with E-state index in [1.54, 1.807) is 0 Å². The molecule has 0 aromatic heterocycles. The van der Waals surface area contributed by atoms with Crippen LogP contribution in [0.2, 0.25) is 0 Å². The summed E-state index contributed by atoms with van der Waals surface area (Å²) in [6, 6.07) is 18.7. The quantitative estimate of drug-likeness (QED) is 0.658. The number of ether oxygens (including phenoxy) is 1. The van der Waals surface area contributed by atoms with Crippen LogP contribution in [0, 0.1) is 5.92 Å². The van der Waals surface area contributed by atoms with Gasteiger partial charge in [-0.05, 0) is 49.9 Å². The van der Waals surface area contributed by atoms with E-state index in [1.807, 2.05) is 39.0 Å². The van der Waals surface area contributed by atoms with Crippen molar-refractivity contribution in [3.63, 3.8) is 0 Å². The number of hydrogen-bond donors (Lipinski definition) is 2. The molecule has 0 aliphatic rings. The molecule has 0 aliphatic carbocycles. The maximum atomic E-state index is 12.1. The molecule has 4 nitrogen and oxygen atoms in total. The van der Waals surface area contributed by atoms with Gasteiger partial charge in [0.2, 0.25) is 0 Å². The lowest BCUT2D eigenvalue weighted by molar-refractivity contribution is 0.0491. The molecule has 2 N–H and O–H groups in total. The number of anilines is 1. The van der Waals surface area contributed by atoms with Crippen LogP contribution in [-0.2, 0) is 4.74 Å². The molecule has 1 amide bonds. The number of amides is 1. The molecule has 4 heteroatoms. The summed E-state index contributed by atoms with van der Waals surface area (Å²) < 4.78 is 5.40. The van der Waals surface area contributed by atoms with Crippen LogP contribution < -0.4 is 10.6 Å². The van der Waals surface area contributed by atoms with Crippen molar-refractivity contribution in [3.8, 4) is 11.1 Å². The molecular formula is C23H32N2O2. The third-order valence-electron chi connectivity index (χ3n) is 4.55. The number of hydrogen-bond acceptors (Lipinski definition) is 3. The number of carbonyl (C=O) groups excluding carboxylic acids is 1. The highest BCUT2D eigenvalue weighted by Crippen LogP contribution is 2.21. The zero-order valence-electron chi connectivity index (χ0n) is 17.1. The summed E-state index contributed by atoms with van der Waals surface area (Å²) in [5, 5.41) is 6.44. The average molecular weight is 369 g/mol. The number of rotatable bonds is 7. The molecule has 146 valence electrons. The van der Waals surface area contributed by atoms with Gasteiger partial charge in [0, 0.05) is 12.2 Å². The number of benzene rings is 2. The molecule has 2 aromatic rings. The fourth-order valence-corrected chi connectivity index (χ4v) is 2.78. The lowest BCUT2D eigenvalue weighted by Crippen LogP contribution is -2.45. The van der Waals surface area contributed by atoms with E-state index in [-0.39, 0.29) is 12.1 Å². The van der Waals surface area contributed by atoms with Crippen LogP contribution in [0.25, 0.3) is 11.1 Å². The third kappa shape index (κ3) is 6.97. The lowest BCUT2D eigenvalue weighted by Gasteiger charge is -2.27. The van der Waals surface area contributed by atoms with Gasteiger partial charge in [0.25, 0.3) is 0 Å². The Kier molecular flexibility index (Phi) is 7.28. The fourth-order valence-electron chi connectivity index (χ4n) is 2.78. The van der Waals surface area contributed by atoms with Gasteiger partial charge >= 0.3 is 6.09 Å². The molecule has 0 bridgehead atoms. The number of alkyl carbamates (subject to hydrolysis) is 1. The zero-order valence-corrected chi connectivity index (χ0v) is 17.1. The summed E-state index contributed by atoms with van der Waals surface area (Å²) >= 11 is 0. The first kappa shape index (κ1) is 20.8. The van der Waals surface area contributed by atoms with E-state index in [1.165, 1.54) is 11.1 Å². The van der Waals surface area contributed by atoms with E-state index in [2.05, 4.69) is 60.9 Å². The first-order valence-corrected chi connectivity index (χ1v) is 9.67. The molecule has 0 heterocycles. The molecular weight excluding hydrogens is 336 g/mol. The zero-order chi connectivity index (χ0) is 19.9. The first-order chi connectivity index (χ1) is 12.8. The highest BCUT2D eigenvalue weighted by Gasteiger charge is 2.22. The molecule has 2 rings (SSSR count). The molecule has 0 spiro atoms. The Hall–Kier alpha value is -2.49. The molecule has 0 radical (unpaired) electrons. The van der Waals surface area contributed by atoms with Crippen molar-refractivity contribution in [2.45, 2.75) is 52.7 Å². The minimum atomic E-state index is -0.495. The lowest BCUT2D eigenvalue weighted by atomic mass is 9.99. The minimum absolute atomic E-state index is 0.00125. The molecule has 2 atom stereocenters. The van der Waals surface area contributed by atoms with Gasteiger partial charge in [-0.1, -0.05) is 62.7 Å². The van der Waals surface area contributed by atoms with Crippen LogP contribution in [0.1, 0.15) is 41.0 Å². The Morgan fingerprint density at radius 3 is 2.15 bits per heavy atom. The molecule has 1 unspecified atom stereocenters. The van der Waals surface area contributed by atoms with Crippen molar-refractivity contribution < 1.29 is 9.53 Å². The van der Waals surface area contributed by atoms with E-state index in [4.69, 9.17) is 4.74 Å². The third-order valence-corrected chi connectivity index (χ3v) is 4.55. The molecule has 0 aliphatic heterocycles. The average Bonchev–Trinajstić information content (AvgIpc) is 2.64. The molecule has 0 saturated carbocycles. The van der Waals surface area contributed by atoms with E-state index >= 15 is 0 Å². The second kappa shape index (κ2) is 9.45. The number of carbonyl (C=O) groups is 1. The Balaban J connectivity index is 1.97. The van der Waals surface area contributed by atoms with Crippen molar-refractivity contribution in [3.05, 3.63) is 54.6 Å². The van der Waals surface area contributed by atoms with Gasteiger partial charge in [0.05, 0.1) is 6.04 Å². The highest BCUT2D eigenvalue weighted by atomic mass is 16.6. The van der Waals surface area contributed by atoms with Gasteiger partial charge in [0.15, 0.2) is 0 Å². The van der Waals surface area contributed by atoms with Crippen LogP contribution >= 0.6 is 0 Å². The van der Waals surface area contributed by atoms with Gasteiger partial charge in [-0.25, -0.2) is 4.79 Å². The summed E-state index contributed by atoms with van der Waals surface area (Å²) in [4.78, 5) is 12.1. The van der Waals surface area contributed by atoms with Gasteiger partial charge < -0.3 is 15.4 Å². The summed E-state index contributed by atoms with van der Waals surface area (Å²) in [6.07, 6.45) is 0.615. The van der Waals surface area contributed by atoms with Gasteiger partial charge in [-0.2, -0.15) is 0 Å². The smallest absolute Gasteiger partial charge is 0.407 e. The van der Waals surface area contributed by atoms with Crippen LogP contribution in [0.15, 0.2) is 54.6 Å². The Labute approximate surface area is 163 Å². The summed E-state index contributed by atoms with van der Waals surface area (Å²) in [5.74, 6) is 0.341. The minimum Gasteiger partial charge on any atom is -0.444 e. The fraction of sp³-hybridized carbons (Fsp3) is 0.435. The van der Waals surface area contributed by atoms with E-state index in [0.717, 1.165) is 12.1 Å². The second-order valence-electron chi connectivity index (χ2n) is 7.96. The van der Waals surface area contributed by atoms with Gasteiger partial charge in [0.1, 0.15) is 5.60 Å². The Bertz CT molecular complexity index is 705. The maximum Gasteiger partial charge on any atom is 0.407 e. The topological polar surface area (TPSA) is 50.4 Å². The molecule has 27 heavy (non-hydrogen) atoms. The van der Waals surface area contributed by atoms with Gasteiger partial charge in [-0.3, -0.25) is 0 Å². The van der Waals surface area contributed by atoms with Crippen LogP contribution in [-0.4, -0.2) is 24.3 Å². The Morgan fingerprint density at radius 1 is 1.00 bits per heavy atom. The van der Waals surface area contributed by atoms with Crippen LogP contribution in [0.4, 0.5) is 10.5 Å². The van der Waals surface area contributed by atoms with Crippen molar-refractivity contribution in [1.82, 2.24) is 5.32 Å². The summed E-state index contributed by atoms with van der Waals surface area (Å²) in [7, 11) is 0. The first-order valence-electron chi connectivity index (χ1n) is 9.67. The molecule has 2 aromatic carbocycles.